The fourth-order valence-corrected chi connectivity index (χ4v) is 7.26. The van der Waals surface area contributed by atoms with E-state index in [4.69, 9.17) is 4.99 Å². The average molecular weight is 553 g/mol. The lowest BCUT2D eigenvalue weighted by Gasteiger charge is -2.46. The number of nitrogens with zero attached hydrogens (tertiary/aromatic N) is 4. The maximum Gasteiger partial charge on any atom is 0.131 e. The fourth-order valence-electron chi connectivity index (χ4n) is 6.95. The van der Waals surface area contributed by atoms with Gasteiger partial charge in [-0.25, -0.2) is 0 Å². The van der Waals surface area contributed by atoms with Gasteiger partial charge in [-0.05, 0) is 91.5 Å². The third-order valence-electron chi connectivity index (χ3n) is 8.96. The van der Waals surface area contributed by atoms with Crippen LogP contribution in [0.4, 0.5) is 0 Å². The number of piperidine rings is 1. The molecule has 5 nitrogen and oxygen atoms in total. The van der Waals surface area contributed by atoms with Gasteiger partial charge in [-0.15, -0.1) is 0 Å². The standard InChI is InChI=1S/C30H42BrN5/c1-3-27(31)30-34-28(19-29(36(30)4-2)33-21-22-8-7-15-32-20-22)24-13-16-35(17-14-24)26-12-11-23-9-5-6-10-25(23)18-26/h3,7-8,15,19-20,23-26,34H,1,4-6,9-14,16-18,21H2,2H3/b30-27+,33-29?. The zero-order chi connectivity index (χ0) is 24.9. The fraction of sp³-hybridized carbons (Fsp3) is 0.600. The van der Waals surface area contributed by atoms with Crippen molar-refractivity contribution in [1.82, 2.24) is 20.1 Å². The molecule has 0 spiro atoms. The third kappa shape index (κ3) is 5.80. The smallest absolute Gasteiger partial charge is 0.131 e. The Bertz CT molecular complexity index is 992. The first-order chi connectivity index (χ1) is 17.7. The number of aromatic nitrogens is 1. The molecule has 2 aliphatic heterocycles. The lowest BCUT2D eigenvalue weighted by atomic mass is 9.69. The summed E-state index contributed by atoms with van der Waals surface area (Å²) < 4.78 is 0.978. The van der Waals surface area contributed by atoms with E-state index < -0.39 is 0 Å². The Labute approximate surface area is 226 Å². The van der Waals surface area contributed by atoms with Crippen molar-refractivity contribution >= 4 is 21.8 Å². The molecule has 4 aliphatic rings. The predicted octanol–water partition coefficient (Wildman–Crippen LogP) is 6.61. The van der Waals surface area contributed by atoms with Gasteiger partial charge in [0, 0.05) is 42.7 Å². The molecule has 3 unspecified atom stereocenters. The van der Waals surface area contributed by atoms with E-state index in [0.29, 0.717) is 12.5 Å². The van der Waals surface area contributed by atoms with Gasteiger partial charge in [0.2, 0.25) is 0 Å². The first-order valence-electron chi connectivity index (χ1n) is 14.1. The highest BCUT2D eigenvalue weighted by Gasteiger charge is 2.36. The third-order valence-corrected chi connectivity index (χ3v) is 9.66. The summed E-state index contributed by atoms with van der Waals surface area (Å²) >= 11 is 3.74. The highest BCUT2D eigenvalue weighted by molar-refractivity contribution is 9.11. The Kier molecular flexibility index (Phi) is 8.63. The molecule has 2 saturated carbocycles. The largest absolute Gasteiger partial charge is 0.344 e. The summed E-state index contributed by atoms with van der Waals surface area (Å²) in [6.07, 6.45) is 20.6. The molecule has 1 aromatic rings. The first kappa shape index (κ1) is 25.7. The summed E-state index contributed by atoms with van der Waals surface area (Å²) in [5, 5.41) is 3.77. The van der Waals surface area contributed by atoms with E-state index >= 15 is 0 Å². The van der Waals surface area contributed by atoms with Gasteiger partial charge in [-0.3, -0.25) is 9.98 Å². The second-order valence-corrected chi connectivity index (χ2v) is 11.8. The van der Waals surface area contributed by atoms with Crippen molar-refractivity contribution in [2.75, 3.05) is 19.6 Å². The molecule has 194 valence electrons. The van der Waals surface area contributed by atoms with Crippen molar-refractivity contribution in [3.8, 4) is 0 Å². The van der Waals surface area contributed by atoms with Crippen molar-refractivity contribution in [1.29, 1.82) is 0 Å². The van der Waals surface area contributed by atoms with Gasteiger partial charge in [-0.1, -0.05) is 44.4 Å². The zero-order valence-corrected chi connectivity index (χ0v) is 23.4. The maximum atomic E-state index is 5.03. The van der Waals surface area contributed by atoms with Crippen LogP contribution in [-0.2, 0) is 6.54 Å². The van der Waals surface area contributed by atoms with Gasteiger partial charge in [0.05, 0.1) is 11.0 Å². The molecule has 0 aromatic carbocycles. The number of aliphatic imine (C=N–C) groups is 1. The van der Waals surface area contributed by atoms with Gasteiger partial charge in [0.15, 0.2) is 0 Å². The van der Waals surface area contributed by atoms with Crippen LogP contribution in [0, 0.1) is 17.8 Å². The van der Waals surface area contributed by atoms with Crippen molar-refractivity contribution in [2.24, 2.45) is 22.7 Å². The van der Waals surface area contributed by atoms with Crippen LogP contribution >= 0.6 is 15.9 Å². The number of rotatable bonds is 6. The number of likely N-dealkylation sites (tertiary alicyclic amines) is 1. The minimum Gasteiger partial charge on any atom is -0.344 e. The molecule has 1 aromatic heterocycles. The number of nitrogens with one attached hydrogen (secondary N) is 1. The lowest BCUT2D eigenvalue weighted by Crippen LogP contribution is -2.47. The number of hydrogen-bond donors (Lipinski definition) is 1. The number of likely N-dealkylation sites (N-methyl/N-ethyl adjacent to an activating group) is 1. The summed E-state index contributed by atoms with van der Waals surface area (Å²) in [5.41, 5.74) is 2.43. The van der Waals surface area contributed by atoms with E-state index in [0.717, 1.165) is 46.1 Å². The predicted molar refractivity (Wildman–Crippen MR) is 153 cm³/mol. The van der Waals surface area contributed by atoms with Crippen LogP contribution in [0.1, 0.15) is 70.3 Å². The van der Waals surface area contributed by atoms with Crippen LogP contribution in [-0.4, -0.2) is 46.3 Å². The Hall–Kier alpha value is -1.92. The molecule has 0 amide bonds. The number of amidine groups is 1. The molecule has 1 N–H and O–H groups in total. The molecule has 2 aliphatic carbocycles. The van der Waals surface area contributed by atoms with Gasteiger partial charge in [-0.2, -0.15) is 0 Å². The number of allylic oxidation sites excluding steroid dienone is 3. The summed E-state index contributed by atoms with van der Waals surface area (Å²) in [5.74, 6) is 4.63. The minimum atomic E-state index is 0.537. The van der Waals surface area contributed by atoms with Crippen molar-refractivity contribution in [3.05, 3.63) is 64.8 Å². The minimum absolute atomic E-state index is 0.537. The topological polar surface area (TPSA) is 43.8 Å². The van der Waals surface area contributed by atoms with Crippen LogP contribution in [0.5, 0.6) is 0 Å². The number of halogens is 1. The van der Waals surface area contributed by atoms with E-state index in [1.165, 1.54) is 76.6 Å². The normalized spacial score (nSPS) is 30.4. The molecule has 36 heavy (non-hydrogen) atoms. The summed E-state index contributed by atoms with van der Waals surface area (Å²) in [6, 6.07) is 4.88. The molecule has 5 rings (SSSR count). The molecule has 3 atom stereocenters. The van der Waals surface area contributed by atoms with E-state index in [-0.39, 0.29) is 0 Å². The van der Waals surface area contributed by atoms with Crippen molar-refractivity contribution in [2.45, 2.75) is 77.3 Å². The van der Waals surface area contributed by atoms with Crippen LogP contribution in [0.2, 0.25) is 0 Å². The Morgan fingerprint density at radius 2 is 1.97 bits per heavy atom. The Morgan fingerprint density at radius 1 is 1.17 bits per heavy atom. The van der Waals surface area contributed by atoms with Gasteiger partial charge < -0.3 is 15.1 Å². The highest BCUT2D eigenvalue weighted by atomic mass is 79.9. The molecule has 1 saturated heterocycles. The summed E-state index contributed by atoms with van der Waals surface area (Å²) in [7, 11) is 0. The summed E-state index contributed by atoms with van der Waals surface area (Å²) in [4.78, 5) is 14.4. The molecular formula is C30H42BrN5. The van der Waals surface area contributed by atoms with E-state index in [1.54, 1.807) is 0 Å². The van der Waals surface area contributed by atoms with E-state index in [9.17, 15) is 0 Å². The van der Waals surface area contributed by atoms with E-state index in [1.807, 2.05) is 24.5 Å². The summed E-state index contributed by atoms with van der Waals surface area (Å²) in [6.45, 7) is 10.1. The molecule has 0 radical (unpaired) electrons. The molecule has 6 heteroatoms. The monoisotopic (exact) mass is 551 g/mol. The highest BCUT2D eigenvalue weighted by Crippen LogP contribution is 2.42. The van der Waals surface area contributed by atoms with Crippen LogP contribution in [0.15, 0.2) is 64.3 Å². The van der Waals surface area contributed by atoms with Crippen LogP contribution < -0.4 is 5.32 Å². The van der Waals surface area contributed by atoms with Crippen LogP contribution in [0.25, 0.3) is 0 Å². The quantitative estimate of drug-likeness (QED) is 0.432. The SMILES string of the molecule is C=C/C(Br)=C1/NC(C2CCN(C3CCC4CCCCC4C3)CC2)=CC(=NCc2cccnc2)N1CC. The van der Waals surface area contributed by atoms with Gasteiger partial charge in [0.25, 0.3) is 0 Å². The average Bonchev–Trinajstić information content (AvgIpc) is 2.95. The van der Waals surface area contributed by atoms with Crippen LogP contribution in [0.3, 0.4) is 0 Å². The first-order valence-corrected chi connectivity index (χ1v) is 14.9. The molecule has 0 bridgehead atoms. The number of fused-ring (bicyclic) bond motifs is 1. The van der Waals surface area contributed by atoms with Gasteiger partial charge >= 0.3 is 0 Å². The molecular weight excluding hydrogens is 510 g/mol. The number of hydrogen-bond acceptors (Lipinski definition) is 4. The van der Waals surface area contributed by atoms with Crippen molar-refractivity contribution in [3.63, 3.8) is 0 Å². The lowest BCUT2D eigenvalue weighted by molar-refractivity contribution is 0.0550. The van der Waals surface area contributed by atoms with E-state index in [2.05, 4.69) is 61.7 Å². The molecule has 3 fully saturated rings. The Balaban J connectivity index is 1.29. The van der Waals surface area contributed by atoms with Crippen molar-refractivity contribution < 1.29 is 0 Å². The van der Waals surface area contributed by atoms with Gasteiger partial charge in [0.1, 0.15) is 11.7 Å². The Morgan fingerprint density at radius 3 is 2.69 bits per heavy atom. The second kappa shape index (κ2) is 12.1. The molecule has 3 heterocycles. The number of pyridine rings is 1. The zero-order valence-electron chi connectivity index (χ0n) is 21.8. The maximum absolute atomic E-state index is 5.03. The second-order valence-electron chi connectivity index (χ2n) is 11.0.